The van der Waals surface area contributed by atoms with E-state index >= 15 is 0 Å². The summed E-state index contributed by atoms with van der Waals surface area (Å²) in [4.78, 5) is 21.1. The second-order valence-corrected chi connectivity index (χ2v) is 9.07. The van der Waals surface area contributed by atoms with E-state index in [2.05, 4.69) is 28.4 Å². The van der Waals surface area contributed by atoms with Crippen LogP contribution in [0.4, 0.5) is 4.79 Å². The number of hydrogen-bond donors (Lipinski definition) is 1. The number of piperidine rings is 1. The maximum atomic E-state index is 11.7. The topological polar surface area (TPSA) is 48.5 Å². The first-order valence-corrected chi connectivity index (χ1v) is 10.7. The van der Waals surface area contributed by atoms with Gasteiger partial charge in [-0.1, -0.05) is 12.5 Å². The molecule has 3 aliphatic rings. The number of nitrogens with zero attached hydrogens (tertiary/aromatic N) is 3. The Balaban J connectivity index is 1.31. The molecule has 3 heterocycles. The summed E-state index contributed by atoms with van der Waals surface area (Å²) < 4.78 is 1.26. The number of amides is 2. The quantitative estimate of drug-likeness (QED) is 0.896. The van der Waals surface area contributed by atoms with Crippen molar-refractivity contribution in [2.75, 3.05) is 26.7 Å². The minimum Gasteiger partial charge on any atom is -0.336 e. The molecule has 6 heteroatoms. The molecule has 5 nitrogen and oxygen atoms in total. The van der Waals surface area contributed by atoms with Crippen LogP contribution < -0.4 is 5.32 Å². The van der Waals surface area contributed by atoms with Crippen molar-refractivity contribution in [1.29, 1.82) is 0 Å². The van der Waals surface area contributed by atoms with E-state index < -0.39 is 0 Å². The molecular weight excluding hydrogens is 344 g/mol. The summed E-state index contributed by atoms with van der Waals surface area (Å²) in [5.74, 6) is 0.639. The largest absolute Gasteiger partial charge is 0.336 e. The second kappa shape index (κ2) is 6.50. The lowest BCUT2D eigenvalue weighted by molar-refractivity contribution is 0.0888. The number of benzene rings is 1. The van der Waals surface area contributed by atoms with Gasteiger partial charge in [-0.05, 0) is 56.5 Å². The van der Waals surface area contributed by atoms with Crippen molar-refractivity contribution in [1.82, 2.24) is 20.1 Å². The number of likely N-dealkylation sites (N-methyl/N-ethyl adjacent to an activating group) is 1. The smallest absolute Gasteiger partial charge is 0.317 e. The Morgan fingerprint density at radius 3 is 2.73 bits per heavy atom. The average Bonchev–Trinajstić information content (AvgIpc) is 3.18. The summed E-state index contributed by atoms with van der Waals surface area (Å²) in [6, 6.07) is 7.42. The first-order chi connectivity index (χ1) is 12.7. The van der Waals surface area contributed by atoms with Gasteiger partial charge in [0.05, 0.1) is 21.3 Å². The number of rotatable bonds is 3. The van der Waals surface area contributed by atoms with Gasteiger partial charge in [0.15, 0.2) is 0 Å². The zero-order chi connectivity index (χ0) is 17.7. The summed E-state index contributed by atoms with van der Waals surface area (Å²) in [7, 11) is 1.87. The number of carbonyl (C=O) groups excluding carboxylic acids is 1. The van der Waals surface area contributed by atoms with E-state index in [-0.39, 0.29) is 12.1 Å². The van der Waals surface area contributed by atoms with Crippen LogP contribution in [0.3, 0.4) is 0 Å². The SMILES string of the molecule is CN1C(=O)NCC1c1ccc2nc(C3CC(N4CCCCC4)C3)sc2c1. The van der Waals surface area contributed by atoms with E-state index in [4.69, 9.17) is 4.98 Å². The first kappa shape index (κ1) is 16.5. The molecule has 138 valence electrons. The van der Waals surface area contributed by atoms with Crippen LogP contribution in [0.2, 0.25) is 0 Å². The third-order valence-electron chi connectivity index (χ3n) is 6.42. The van der Waals surface area contributed by atoms with E-state index in [1.807, 2.05) is 18.4 Å². The molecule has 1 aromatic heterocycles. The van der Waals surface area contributed by atoms with Gasteiger partial charge in [-0.2, -0.15) is 0 Å². The molecule has 26 heavy (non-hydrogen) atoms. The zero-order valence-electron chi connectivity index (χ0n) is 15.3. The van der Waals surface area contributed by atoms with E-state index in [1.54, 1.807) is 4.90 Å². The van der Waals surface area contributed by atoms with Gasteiger partial charge in [0.1, 0.15) is 0 Å². The molecule has 1 N–H and O–H groups in total. The summed E-state index contributed by atoms with van der Waals surface area (Å²) in [6.45, 7) is 3.27. The molecule has 0 radical (unpaired) electrons. The third kappa shape index (κ3) is 2.79. The maximum Gasteiger partial charge on any atom is 0.317 e. The molecule has 2 aromatic rings. The number of fused-ring (bicyclic) bond motifs is 1. The fourth-order valence-corrected chi connectivity index (χ4v) is 5.78. The van der Waals surface area contributed by atoms with Crippen LogP contribution in [0.5, 0.6) is 0 Å². The van der Waals surface area contributed by atoms with Gasteiger partial charge in [0, 0.05) is 25.6 Å². The minimum atomic E-state index is 0.0123. The average molecular weight is 371 g/mol. The van der Waals surface area contributed by atoms with Crippen molar-refractivity contribution in [3.05, 3.63) is 28.8 Å². The third-order valence-corrected chi connectivity index (χ3v) is 7.60. The number of urea groups is 1. The van der Waals surface area contributed by atoms with Crippen molar-refractivity contribution < 1.29 is 4.79 Å². The van der Waals surface area contributed by atoms with E-state index in [9.17, 15) is 4.79 Å². The van der Waals surface area contributed by atoms with Gasteiger partial charge in [-0.15, -0.1) is 11.3 Å². The zero-order valence-corrected chi connectivity index (χ0v) is 16.1. The Bertz CT molecular complexity index is 822. The van der Waals surface area contributed by atoms with Crippen molar-refractivity contribution in [3.8, 4) is 0 Å². The Morgan fingerprint density at radius 2 is 2.00 bits per heavy atom. The van der Waals surface area contributed by atoms with Gasteiger partial charge in [0.25, 0.3) is 0 Å². The predicted octanol–water partition coefficient (Wildman–Crippen LogP) is 3.72. The van der Waals surface area contributed by atoms with Crippen molar-refractivity contribution in [3.63, 3.8) is 0 Å². The molecule has 5 rings (SSSR count). The lowest BCUT2D eigenvalue weighted by Crippen LogP contribution is -2.46. The van der Waals surface area contributed by atoms with Gasteiger partial charge in [-0.25, -0.2) is 9.78 Å². The van der Waals surface area contributed by atoms with E-state index in [0.29, 0.717) is 12.5 Å². The highest BCUT2D eigenvalue weighted by atomic mass is 32.1. The number of hydrogen-bond acceptors (Lipinski definition) is 4. The fraction of sp³-hybridized carbons (Fsp3) is 0.600. The molecule has 1 saturated carbocycles. The molecular formula is C20H26N4OS. The summed E-state index contributed by atoms with van der Waals surface area (Å²) in [5, 5.41) is 4.22. The van der Waals surface area contributed by atoms with Crippen molar-refractivity contribution >= 4 is 27.6 Å². The van der Waals surface area contributed by atoms with Crippen LogP contribution >= 0.6 is 11.3 Å². The number of nitrogens with one attached hydrogen (secondary N) is 1. The summed E-state index contributed by atoms with van der Waals surface area (Å²) in [5.41, 5.74) is 2.31. The lowest BCUT2D eigenvalue weighted by atomic mass is 9.79. The molecule has 0 bridgehead atoms. The standard InChI is InChI=1S/C20H26N4OS/c1-23-17(12-21-20(23)25)13-5-6-16-18(11-13)26-19(22-16)14-9-15(10-14)24-7-3-2-4-8-24/h5-6,11,14-15,17H,2-4,7-10,12H2,1H3,(H,21,25). The van der Waals surface area contributed by atoms with Gasteiger partial charge in [0.2, 0.25) is 0 Å². The van der Waals surface area contributed by atoms with Crippen LogP contribution in [0.25, 0.3) is 10.2 Å². The van der Waals surface area contributed by atoms with Crippen LogP contribution in [0.1, 0.15) is 54.6 Å². The molecule has 1 unspecified atom stereocenters. The van der Waals surface area contributed by atoms with Gasteiger partial charge in [-0.3, -0.25) is 0 Å². The highest BCUT2D eigenvalue weighted by molar-refractivity contribution is 7.18. The normalized spacial score (nSPS) is 29.8. The van der Waals surface area contributed by atoms with Gasteiger partial charge >= 0.3 is 6.03 Å². The number of likely N-dealkylation sites (tertiary alicyclic amines) is 1. The van der Waals surface area contributed by atoms with Crippen molar-refractivity contribution in [2.45, 2.75) is 50.1 Å². The molecule has 0 spiro atoms. The molecule has 2 aliphatic heterocycles. The highest BCUT2D eigenvalue weighted by Gasteiger charge is 2.36. The Labute approximate surface area is 158 Å². The van der Waals surface area contributed by atoms with Crippen LogP contribution in [-0.4, -0.2) is 53.5 Å². The monoisotopic (exact) mass is 370 g/mol. The van der Waals surface area contributed by atoms with Gasteiger partial charge < -0.3 is 15.1 Å². The maximum absolute atomic E-state index is 11.7. The first-order valence-electron chi connectivity index (χ1n) is 9.84. The molecule has 2 saturated heterocycles. The Hall–Kier alpha value is -1.66. The number of thiazole rings is 1. The number of aromatic nitrogens is 1. The van der Waals surface area contributed by atoms with Crippen LogP contribution in [0, 0.1) is 0 Å². The molecule has 1 atom stereocenters. The van der Waals surface area contributed by atoms with Crippen molar-refractivity contribution in [2.24, 2.45) is 0 Å². The molecule has 3 fully saturated rings. The fourth-order valence-electron chi connectivity index (χ4n) is 4.64. The Kier molecular flexibility index (Phi) is 4.13. The van der Waals surface area contributed by atoms with Crippen LogP contribution in [-0.2, 0) is 0 Å². The molecule has 1 aliphatic carbocycles. The Morgan fingerprint density at radius 1 is 1.19 bits per heavy atom. The van der Waals surface area contributed by atoms with E-state index in [0.717, 1.165) is 11.6 Å². The van der Waals surface area contributed by atoms with Crippen LogP contribution in [0.15, 0.2) is 18.2 Å². The summed E-state index contributed by atoms with van der Waals surface area (Å²) in [6.07, 6.45) is 6.70. The highest BCUT2D eigenvalue weighted by Crippen LogP contribution is 2.43. The lowest BCUT2D eigenvalue weighted by Gasteiger charge is -2.43. The number of carbonyl (C=O) groups is 1. The van der Waals surface area contributed by atoms with E-state index in [1.165, 1.54) is 60.5 Å². The molecule has 1 aromatic carbocycles. The predicted molar refractivity (Wildman–Crippen MR) is 105 cm³/mol. The minimum absolute atomic E-state index is 0.0123. The summed E-state index contributed by atoms with van der Waals surface area (Å²) >= 11 is 1.85. The molecule has 2 amide bonds. The second-order valence-electron chi connectivity index (χ2n) is 8.01.